The number of aromatic nitrogens is 1. The molecule has 12 aromatic rings. The number of fused-ring (bicyclic) bond motifs is 9. The standard InChI is InChI=1S/C64H44N4S/c65-62(42-18-5-1-6-19-42)67-63(66-41-46-20-17-30-56-61(46)53-28-13-15-29-55(53)64(56,47-21-7-2-8-22-47)48-23-9-3-10-24-48)45-33-36-52-51-35-32-44(39-59(51)69-60(52)40-45)43-34-37-58-54(38-43)50-27-14-16-31-57(50)68(58)49-25-11-4-12-26-49/h1-40H,41H2,(H2,65,66,67). The predicted molar refractivity (Wildman–Crippen MR) is 290 cm³/mol. The normalized spacial score (nSPS) is 13.3. The third-order valence-corrected chi connectivity index (χ3v) is 15.1. The Labute approximate surface area is 404 Å². The van der Waals surface area contributed by atoms with E-state index in [0.717, 1.165) is 22.4 Å². The molecule has 69 heavy (non-hydrogen) atoms. The lowest BCUT2D eigenvalue weighted by Gasteiger charge is -2.33. The summed E-state index contributed by atoms with van der Waals surface area (Å²) in [4.78, 5) is 10.5. The average Bonchev–Trinajstić information content (AvgIpc) is 4.06. The van der Waals surface area contributed by atoms with Gasteiger partial charge in [0.05, 0.1) is 23.0 Å². The highest BCUT2D eigenvalue weighted by Crippen LogP contribution is 2.57. The van der Waals surface area contributed by atoms with Gasteiger partial charge in [-0.1, -0.05) is 200 Å². The van der Waals surface area contributed by atoms with Crippen LogP contribution in [0, 0.1) is 0 Å². The van der Waals surface area contributed by atoms with Crippen LogP contribution in [0.2, 0.25) is 0 Å². The monoisotopic (exact) mass is 900 g/mol. The number of para-hydroxylation sites is 2. The van der Waals surface area contributed by atoms with E-state index in [2.05, 4.69) is 217 Å². The van der Waals surface area contributed by atoms with Gasteiger partial charge in [0.15, 0.2) is 5.84 Å². The molecular weight excluding hydrogens is 857 g/mol. The maximum absolute atomic E-state index is 6.83. The molecule has 1 aliphatic carbocycles. The molecule has 4 nitrogen and oxygen atoms in total. The zero-order valence-electron chi connectivity index (χ0n) is 37.6. The van der Waals surface area contributed by atoms with Gasteiger partial charge in [-0.25, -0.2) is 4.99 Å². The number of hydrogen-bond donors (Lipinski definition) is 1. The Morgan fingerprint density at radius 2 is 1.06 bits per heavy atom. The number of rotatable bonds is 8. The minimum absolute atomic E-state index is 0.417. The zero-order chi connectivity index (χ0) is 45.9. The van der Waals surface area contributed by atoms with Crippen LogP contribution >= 0.6 is 11.3 Å². The van der Waals surface area contributed by atoms with E-state index in [9.17, 15) is 0 Å². The zero-order valence-corrected chi connectivity index (χ0v) is 38.4. The molecule has 2 aromatic heterocycles. The molecular formula is C64H44N4S. The second-order valence-electron chi connectivity index (χ2n) is 17.8. The maximum Gasteiger partial charge on any atom is 0.157 e. The fraction of sp³-hybridized carbons (Fsp3) is 0.0312. The number of thiophene rings is 1. The molecule has 13 rings (SSSR count). The van der Waals surface area contributed by atoms with Gasteiger partial charge in [0.2, 0.25) is 0 Å². The van der Waals surface area contributed by atoms with Gasteiger partial charge in [0.1, 0.15) is 5.84 Å². The van der Waals surface area contributed by atoms with Crippen molar-refractivity contribution in [3.63, 3.8) is 0 Å². The summed E-state index contributed by atoms with van der Waals surface area (Å²) in [6.45, 7) is 0.417. The number of nitrogens with zero attached hydrogens (tertiary/aromatic N) is 3. The molecule has 0 aliphatic heterocycles. The van der Waals surface area contributed by atoms with Gasteiger partial charge in [0.25, 0.3) is 0 Å². The SMILES string of the molecule is NC(=NC(=NCc1cccc2c1-c1ccccc1C2(c1ccccc1)c1ccccc1)c1ccc2c(c1)sc1cc(-c3ccc4c(c3)c3ccccc3n4-c3ccccc3)ccc12)c1ccccc1. The third-order valence-electron chi connectivity index (χ3n) is 14.0. The van der Waals surface area contributed by atoms with Gasteiger partial charge in [-0.2, -0.15) is 0 Å². The van der Waals surface area contributed by atoms with Crippen molar-refractivity contribution in [2.24, 2.45) is 15.7 Å². The first-order valence-electron chi connectivity index (χ1n) is 23.5. The van der Waals surface area contributed by atoms with E-state index in [1.54, 1.807) is 11.3 Å². The fourth-order valence-electron chi connectivity index (χ4n) is 10.9. The van der Waals surface area contributed by atoms with E-state index in [1.807, 2.05) is 30.3 Å². The largest absolute Gasteiger partial charge is 0.383 e. The molecule has 0 bridgehead atoms. The average molecular weight is 901 g/mol. The molecule has 10 aromatic carbocycles. The first-order chi connectivity index (χ1) is 34.1. The highest BCUT2D eigenvalue weighted by molar-refractivity contribution is 7.25. The van der Waals surface area contributed by atoms with Crippen LogP contribution in [0.3, 0.4) is 0 Å². The summed E-state index contributed by atoms with van der Waals surface area (Å²) in [7, 11) is 0. The Kier molecular flexibility index (Phi) is 9.77. The first-order valence-corrected chi connectivity index (χ1v) is 24.3. The summed E-state index contributed by atoms with van der Waals surface area (Å²) < 4.78 is 4.77. The molecule has 0 fully saturated rings. The van der Waals surface area contributed by atoms with E-state index in [4.69, 9.17) is 15.7 Å². The molecule has 0 amide bonds. The Balaban J connectivity index is 0.914. The molecule has 0 spiro atoms. The van der Waals surface area contributed by atoms with Gasteiger partial charge in [0, 0.05) is 47.8 Å². The van der Waals surface area contributed by atoms with Crippen LogP contribution in [0.5, 0.6) is 0 Å². The Morgan fingerprint density at radius 1 is 0.464 bits per heavy atom. The van der Waals surface area contributed by atoms with Crippen LogP contribution in [0.4, 0.5) is 0 Å². The molecule has 5 heteroatoms. The summed E-state index contributed by atoms with van der Waals surface area (Å²) in [6.07, 6.45) is 0. The summed E-state index contributed by atoms with van der Waals surface area (Å²) >= 11 is 1.80. The molecule has 1 aliphatic rings. The van der Waals surface area contributed by atoms with E-state index in [0.29, 0.717) is 18.2 Å². The fourth-order valence-corrected chi connectivity index (χ4v) is 12.1. The minimum Gasteiger partial charge on any atom is -0.383 e. The smallest absolute Gasteiger partial charge is 0.157 e. The lowest BCUT2D eigenvalue weighted by atomic mass is 9.67. The molecule has 0 atom stereocenters. The summed E-state index contributed by atoms with van der Waals surface area (Å²) in [5.74, 6) is 1.02. The molecule has 0 saturated carbocycles. The predicted octanol–water partition coefficient (Wildman–Crippen LogP) is 15.5. The van der Waals surface area contributed by atoms with Gasteiger partial charge in [-0.15, -0.1) is 11.3 Å². The van der Waals surface area contributed by atoms with E-state index in [1.165, 1.54) is 86.5 Å². The first kappa shape index (κ1) is 40.6. The van der Waals surface area contributed by atoms with Crippen LogP contribution in [0.25, 0.3) is 69.9 Å². The van der Waals surface area contributed by atoms with Crippen molar-refractivity contribution < 1.29 is 0 Å². The van der Waals surface area contributed by atoms with Crippen molar-refractivity contribution in [2.75, 3.05) is 0 Å². The lowest BCUT2D eigenvalue weighted by molar-refractivity contribution is 0.767. The summed E-state index contributed by atoms with van der Waals surface area (Å²) in [5.41, 5.74) is 22.7. The van der Waals surface area contributed by atoms with Crippen LogP contribution in [0.15, 0.2) is 253 Å². The van der Waals surface area contributed by atoms with Gasteiger partial charge < -0.3 is 10.3 Å². The van der Waals surface area contributed by atoms with Gasteiger partial charge in [-0.05, 0) is 92.5 Å². The van der Waals surface area contributed by atoms with Crippen molar-refractivity contribution in [1.29, 1.82) is 0 Å². The third kappa shape index (κ3) is 6.65. The summed E-state index contributed by atoms with van der Waals surface area (Å²) in [6, 6.07) is 87.1. The highest BCUT2D eigenvalue weighted by atomic mass is 32.1. The number of aliphatic imine (C=N–C) groups is 2. The summed E-state index contributed by atoms with van der Waals surface area (Å²) in [5, 5.41) is 4.93. The maximum atomic E-state index is 6.83. The highest BCUT2D eigenvalue weighted by Gasteiger charge is 2.46. The van der Waals surface area contributed by atoms with Crippen LogP contribution in [-0.4, -0.2) is 16.2 Å². The molecule has 0 saturated heterocycles. The van der Waals surface area contributed by atoms with Gasteiger partial charge >= 0.3 is 0 Å². The second kappa shape index (κ2) is 16.6. The molecule has 326 valence electrons. The number of nitrogens with two attached hydrogens (primary N) is 1. The number of benzene rings is 10. The number of amidine groups is 2. The molecule has 0 unspecified atom stereocenters. The van der Waals surface area contributed by atoms with E-state index < -0.39 is 5.41 Å². The van der Waals surface area contributed by atoms with Crippen LogP contribution in [-0.2, 0) is 12.0 Å². The van der Waals surface area contributed by atoms with Crippen LogP contribution < -0.4 is 5.73 Å². The Bertz CT molecular complexity index is 3940. The van der Waals surface area contributed by atoms with Gasteiger partial charge in [-0.3, -0.25) is 4.99 Å². The topological polar surface area (TPSA) is 55.7 Å². The van der Waals surface area contributed by atoms with E-state index in [-0.39, 0.29) is 0 Å². The van der Waals surface area contributed by atoms with Crippen LogP contribution in [0.1, 0.15) is 38.9 Å². The van der Waals surface area contributed by atoms with Crippen molar-refractivity contribution in [1.82, 2.24) is 4.57 Å². The quantitative estimate of drug-likeness (QED) is 0.120. The molecule has 2 heterocycles. The van der Waals surface area contributed by atoms with Crippen molar-refractivity contribution in [3.8, 4) is 27.9 Å². The van der Waals surface area contributed by atoms with E-state index >= 15 is 0 Å². The number of hydrogen-bond acceptors (Lipinski definition) is 2. The second-order valence-corrected chi connectivity index (χ2v) is 18.9. The minimum atomic E-state index is -0.492. The molecule has 0 radical (unpaired) electrons. The van der Waals surface area contributed by atoms with Crippen molar-refractivity contribution >= 4 is 65.0 Å². The molecule has 2 N–H and O–H groups in total. The Hall–Kier alpha value is -8.64. The lowest BCUT2D eigenvalue weighted by Crippen LogP contribution is -2.28. The van der Waals surface area contributed by atoms with Crippen molar-refractivity contribution in [3.05, 3.63) is 282 Å². The van der Waals surface area contributed by atoms with Crippen molar-refractivity contribution in [2.45, 2.75) is 12.0 Å². The Morgan fingerprint density at radius 3 is 1.83 bits per heavy atom.